The van der Waals surface area contributed by atoms with Crippen LogP contribution < -0.4 is 9.47 Å². The lowest BCUT2D eigenvalue weighted by molar-refractivity contribution is -0.140. The molecular weight excluding hydrogens is 484 g/mol. The van der Waals surface area contributed by atoms with E-state index < -0.39 is 17.7 Å². The number of likely N-dealkylation sites (tertiary alicyclic amines) is 1. The van der Waals surface area contributed by atoms with Crippen molar-refractivity contribution in [1.82, 2.24) is 9.80 Å². The van der Waals surface area contributed by atoms with Crippen molar-refractivity contribution < 1.29 is 28.9 Å². The minimum Gasteiger partial charge on any atom is -0.507 e. The Kier molecular flexibility index (Phi) is 9.35. The summed E-state index contributed by atoms with van der Waals surface area (Å²) < 4.78 is 16.5. The number of morpholine rings is 1. The summed E-state index contributed by atoms with van der Waals surface area (Å²) in [5.74, 6) is -0.273. The van der Waals surface area contributed by atoms with Crippen LogP contribution in [-0.4, -0.2) is 79.2 Å². The fourth-order valence-electron chi connectivity index (χ4n) is 4.67. The molecule has 1 amide bonds. The fourth-order valence-corrected chi connectivity index (χ4v) is 4.67. The van der Waals surface area contributed by atoms with Gasteiger partial charge < -0.3 is 24.2 Å². The van der Waals surface area contributed by atoms with Crippen molar-refractivity contribution in [3.8, 4) is 11.5 Å². The Balaban J connectivity index is 1.64. The average Bonchev–Trinajstić information content (AvgIpc) is 3.21. The van der Waals surface area contributed by atoms with Crippen LogP contribution in [0, 0.1) is 0 Å². The Morgan fingerprint density at radius 3 is 2.08 bits per heavy atom. The lowest BCUT2D eigenvalue weighted by atomic mass is 9.95. The molecule has 0 aromatic heterocycles. The van der Waals surface area contributed by atoms with Crippen LogP contribution in [0.2, 0.25) is 0 Å². The fraction of sp³-hybridized carbons (Fsp3) is 0.333. The van der Waals surface area contributed by atoms with Crippen LogP contribution in [0.5, 0.6) is 11.5 Å². The lowest BCUT2D eigenvalue weighted by Crippen LogP contribution is -2.38. The van der Waals surface area contributed by atoms with E-state index in [1.54, 1.807) is 53.5 Å². The molecule has 2 aromatic rings. The Labute approximate surface area is 223 Å². The van der Waals surface area contributed by atoms with Crippen LogP contribution >= 0.6 is 0 Å². The number of nitrogens with zero attached hydrogens (tertiary/aromatic N) is 2. The summed E-state index contributed by atoms with van der Waals surface area (Å²) in [6, 6.07) is 13.3. The quantitative estimate of drug-likeness (QED) is 0.197. The number of benzene rings is 2. The number of rotatable bonds is 12. The molecule has 2 aliphatic heterocycles. The van der Waals surface area contributed by atoms with Gasteiger partial charge in [0.25, 0.3) is 11.7 Å². The number of carbonyl (C=O) groups is 2. The Bertz CT molecular complexity index is 1170. The van der Waals surface area contributed by atoms with Crippen LogP contribution in [0.3, 0.4) is 0 Å². The third-order valence-corrected chi connectivity index (χ3v) is 6.58. The van der Waals surface area contributed by atoms with E-state index in [1.807, 2.05) is 12.1 Å². The first-order valence-corrected chi connectivity index (χ1v) is 12.8. The number of ether oxygens (including phenoxy) is 3. The molecule has 0 spiro atoms. The molecular formula is C30H34N2O6. The van der Waals surface area contributed by atoms with Crippen LogP contribution in [-0.2, 0) is 14.3 Å². The van der Waals surface area contributed by atoms with Gasteiger partial charge in [0, 0.05) is 31.7 Å². The zero-order valence-corrected chi connectivity index (χ0v) is 21.5. The summed E-state index contributed by atoms with van der Waals surface area (Å²) in [5.41, 5.74) is 1.22. The molecule has 8 heteroatoms. The standard InChI is InChI=1S/C30H34N2O6/c1-3-18-37-24-10-6-22(7-11-24)27-26(28(33)23-8-12-25(13-9-23)38-19-4-2)29(34)30(35)32(27)15-5-14-31-16-20-36-21-17-31/h3-4,6-13,27,33H,1-2,5,14-21H2/b28-26-. The van der Waals surface area contributed by atoms with Crippen LogP contribution in [0.1, 0.15) is 23.6 Å². The summed E-state index contributed by atoms with van der Waals surface area (Å²) >= 11 is 0. The van der Waals surface area contributed by atoms with E-state index in [4.69, 9.17) is 14.2 Å². The molecule has 2 saturated heterocycles. The molecule has 2 fully saturated rings. The van der Waals surface area contributed by atoms with E-state index in [0.29, 0.717) is 62.0 Å². The lowest BCUT2D eigenvalue weighted by Gasteiger charge is -2.29. The molecule has 1 unspecified atom stereocenters. The summed E-state index contributed by atoms with van der Waals surface area (Å²) in [7, 11) is 0. The van der Waals surface area contributed by atoms with Gasteiger partial charge in [0.2, 0.25) is 0 Å². The van der Waals surface area contributed by atoms with Crippen molar-refractivity contribution in [2.45, 2.75) is 12.5 Å². The Morgan fingerprint density at radius 1 is 0.921 bits per heavy atom. The number of aliphatic hydroxyl groups is 1. The minimum atomic E-state index is -0.718. The molecule has 0 radical (unpaired) electrons. The molecule has 2 aromatic carbocycles. The second-order valence-corrected chi connectivity index (χ2v) is 9.09. The summed E-state index contributed by atoms with van der Waals surface area (Å²) in [6.45, 7) is 12.3. The van der Waals surface area contributed by atoms with Crippen molar-refractivity contribution in [3.63, 3.8) is 0 Å². The first kappa shape index (κ1) is 27.2. The maximum absolute atomic E-state index is 13.3. The van der Waals surface area contributed by atoms with Gasteiger partial charge in [-0.15, -0.1) is 0 Å². The number of hydrogen-bond donors (Lipinski definition) is 1. The van der Waals surface area contributed by atoms with E-state index >= 15 is 0 Å². The molecule has 2 heterocycles. The highest BCUT2D eigenvalue weighted by molar-refractivity contribution is 6.46. The second-order valence-electron chi connectivity index (χ2n) is 9.09. The summed E-state index contributed by atoms with van der Waals surface area (Å²) in [4.78, 5) is 30.4. The van der Waals surface area contributed by atoms with Crippen LogP contribution in [0.25, 0.3) is 5.76 Å². The molecule has 0 bridgehead atoms. The highest BCUT2D eigenvalue weighted by atomic mass is 16.5. The van der Waals surface area contributed by atoms with Crippen molar-refractivity contribution in [3.05, 3.63) is 90.5 Å². The number of hydrogen-bond acceptors (Lipinski definition) is 7. The van der Waals surface area contributed by atoms with Crippen molar-refractivity contribution >= 4 is 17.4 Å². The van der Waals surface area contributed by atoms with Crippen LogP contribution in [0.15, 0.2) is 79.4 Å². The molecule has 200 valence electrons. The first-order chi connectivity index (χ1) is 18.5. The van der Waals surface area contributed by atoms with Gasteiger partial charge in [0.05, 0.1) is 24.8 Å². The normalized spacial score (nSPS) is 19.4. The average molecular weight is 519 g/mol. The molecule has 38 heavy (non-hydrogen) atoms. The number of Topliss-reactive ketones (excluding diaryl/α,β-unsaturated/α-hetero) is 1. The van der Waals surface area contributed by atoms with Gasteiger partial charge in [0.15, 0.2) is 0 Å². The van der Waals surface area contributed by atoms with Crippen molar-refractivity contribution in [1.29, 1.82) is 0 Å². The predicted octanol–water partition coefficient (Wildman–Crippen LogP) is 3.96. The molecule has 0 aliphatic carbocycles. The third kappa shape index (κ3) is 6.33. The van der Waals surface area contributed by atoms with Crippen LogP contribution in [0.4, 0.5) is 0 Å². The third-order valence-electron chi connectivity index (χ3n) is 6.58. The zero-order valence-electron chi connectivity index (χ0n) is 21.5. The van der Waals surface area contributed by atoms with Gasteiger partial charge in [-0.25, -0.2) is 0 Å². The Hall–Kier alpha value is -3.88. The van der Waals surface area contributed by atoms with Gasteiger partial charge >= 0.3 is 0 Å². The smallest absolute Gasteiger partial charge is 0.295 e. The monoisotopic (exact) mass is 518 g/mol. The topological polar surface area (TPSA) is 88.5 Å². The molecule has 1 N–H and O–H groups in total. The molecule has 8 nitrogen and oxygen atoms in total. The number of ketones is 1. The van der Waals surface area contributed by atoms with Gasteiger partial charge in [-0.3, -0.25) is 14.5 Å². The number of aliphatic hydroxyl groups excluding tert-OH is 1. The second kappa shape index (κ2) is 13.1. The van der Waals surface area contributed by atoms with Gasteiger partial charge in [-0.05, 0) is 48.4 Å². The zero-order chi connectivity index (χ0) is 26.9. The molecule has 0 saturated carbocycles. The number of carbonyl (C=O) groups excluding carboxylic acids is 2. The van der Waals surface area contributed by atoms with E-state index in [2.05, 4.69) is 18.1 Å². The summed E-state index contributed by atoms with van der Waals surface area (Å²) in [6.07, 6.45) is 3.99. The highest BCUT2D eigenvalue weighted by Crippen LogP contribution is 2.40. The van der Waals surface area contributed by atoms with Gasteiger partial charge in [-0.1, -0.05) is 37.4 Å². The van der Waals surface area contributed by atoms with E-state index in [0.717, 1.165) is 19.6 Å². The summed E-state index contributed by atoms with van der Waals surface area (Å²) in [5, 5.41) is 11.3. The first-order valence-electron chi connectivity index (χ1n) is 12.8. The molecule has 1 atom stereocenters. The maximum atomic E-state index is 13.3. The molecule has 4 rings (SSSR count). The van der Waals surface area contributed by atoms with E-state index in [-0.39, 0.29) is 11.3 Å². The maximum Gasteiger partial charge on any atom is 0.295 e. The Morgan fingerprint density at radius 2 is 1.50 bits per heavy atom. The van der Waals surface area contributed by atoms with Gasteiger partial charge in [-0.2, -0.15) is 0 Å². The van der Waals surface area contributed by atoms with E-state index in [9.17, 15) is 14.7 Å². The number of amides is 1. The largest absolute Gasteiger partial charge is 0.507 e. The SMILES string of the molecule is C=CCOc1ccc(/C(O)=C2/C(=O)C(=O)N(CCCN3CCOCC3)C2c2ccc(OCC=C)cc2)cc1. The van der Waals surface area contributed by atoms with Crippen molar-refractivity contribution in [2.75, 3.05) is 52.6 Å². The predicted molar refractivity (Wildman–Crippen MR) is 145 cm³/mol. The highest BCUT2D eigenvalue weighted by Gasteiger charge is 2.45. The van der Waals surface area contributed by atoms with Gasteiger partial charge in [0.1, 0.15) is 30.5 Å². The van der Waals surface area contributed by atoms with E-state index in [1.165, 1.54) is 0 Å². The minimum absolute atomic E-state index is 0.0703. The molecule has 2 aliphatic rings. The van der Waals surface area contributed by atoms with Crippen molar-refractivity contribution in [2.24, 2.45) is 0 Å².